The van der Waals surface area contributed by atoms with Crippen molar-refractivity contribution in [3.63, 3.8) is 0 Å². The molecule has 0 aliphatic heterocycles. The van der Waals surface area contributed by atoms with Crippen LogP contribution in [0.5, 0.6) is 11.5 Å². The molecule has 1 aromatic rings. The van der Waals surface area contributed by atoms with Crippen LogP contribution in [0.1, 0.15) is 38.1 Å². The van der Waals surface area contributed by atoms with E-state index >= 15 is 0 Å². The van der Waals surface area contributed by atoms with Crippen molar-refractivity contribution in [2.75, 3.05) is 14.2 Å². The summed E-state index contributed by atoms with van der Waals surface area (Å²) >= 11 is 10.0. The lowest BCUT2D eigenvalue weighted by Crippen LogP contribution is -2.09. The van der Waals surface area contributed by atoms with Gasteiger partial charge in [0.1, 0.15) is 0 Å². The monoisotopic (exact) mass is 334 g/mol. The Morgan fingerprint density at radius 3 is 2.11 bits per heavy atom. The SMILES string of the molecule is COc1cc(Br)c(C(Cl)CC(C)(C)C)cc1OC. The van der Waals surface area contributed by atoms with Crippen LogP contribution in [-0.4, -0.2) is 14.2 Å². The molecule has 2 nitrogen and oxygen atoms in total. The van der Waals surface area contributed by atoms with Crippen molar-refractivity contribution in [3.05, 3.63) is 22.2 Å². The van der Waals surface area contributed by atoms with Crippen LogP contribution >= 0.6 is 27.5 Å². The third kappa shape index (κ3) is 4.06. The summed E-state index contributed by atoms with van der Waals surface area (Å²) in [5, 5.41) is -0.0563. The summed E-state index contributed by atoms with van der Waals surface area (Å²) < 4.78 is 11.5. The molecule has 0 bridgehead atoms. The number of benzene rings is 1. The molecule has 0 aliphatic rings. The number of rotatable bonds is 4. The molecule has 0 spiro atoms. The van der Waals surface area contributed by atoms with Gasteiger partial charge in [0.25, 0.3) is 0 Å². The molecule has 0 aromatic heterocycles. The van der Waals surface area contributed by atoms with E-state index in [0.29, 0.717) is 11.5 Å². The minimum atomic E-state index is -0.0563. The topological polar surface area (TPSA) is 18.5 Å². The fraction of sp³-hybridized carbons (Fsp3) is 0.571. The molecule has 102 valence electrons. The van der Waals surface area contributed by atoms with E-state index in [-0.39, 0.29) is 10.8 Å². The fourth-order valence-corrected chi connectivity index (χ4v) is 3.13. The van der Waals surface area contributed by atoms with E-state index in [1.54, 1.807) is 14.2 Å². The lowest BCUT2D eigenvalue weighted by atomic mass is 9.88. The number of halogens is 2. The van der Waals surface area contributed by atoms with E-state index in [9.17, 15) is 0 Å². The predicted molar refractivity (Wildman–Crippen MR) is 79.9 cm³/mol. The van der Waals surface area contributed by atoms with E-state index in [1.165, 1.54) is 0 Å². The highest BCUT2D eigenvalue weighted by Gasteiger charge is 2.21. The molecule has 0 fully saturated rings. The summed E-state index contributed by atoms with van der Waals surface area (Å²) in [6, 6.07) is 3.83. The van der Waals surface area contributed by atoms with Crippen LogP contribution in [0.3, 0.4) is 0 Å². The Kier molecular flexibility index (Phi) is 5.35. The summed E-state index contributed by atoms with van der Waals surface area (Å²) in [4.78, 5) is 0. The van der Waals surface area contributed by atoms with Gasteiger partial charge in [0.05, 0.1) is 19.6 Å². The number of alkyl halides is 1. The number of methoxy groups -OCH3 is 2. The van der Waals surface area contributed by atoms with Gasteiger partial charge in [-0.1, -0.05) is 36.7 Å². The van der Waals surface area contributed by atoms with Crippen LogP contribution in [0.2, 0.25) is 0 Å². The van der Waals surface area contributed by atoms with E-state index in [0.717, 1.165) is 16.5 Å². The largest absolute Gasteiger partial charge is 0.493 e. The Labute approximate surface area is 123 Å². The third-order valence-corrected chi connectivity index (χ3v) is 3.71. The average Bonchev–Trinajstić information content (AvgIpc) is 2.26. The van der Waals surface area contributed by atoms with Crippen LogP contribution in [0.15, 0.2) is 16.6 Å². The van der Waals surface area contributed by atoms with Crippen molar-refractivity contribution < 1.29 is 9.47 Å². The second-order valence-corrected chi connectivity index (χ2v) is 6.84. The minimum absolute atomic E-state index is 0.0563. The maximum Gasteiger partial charge on any atom is 0.161 e. The second-order valence-electron chi connectivity index (χ2n) is 5.46. The molecule has 0 aliphatic carbocycles. The number of hydrogen-bond donors (Lipinski definition) is 0. The normalized spacial score (nSPS) is 13.3. The summed E-state index contributed by atoms with van der Waals surface area (Å²) in [6.45, 7) is 6.53. The fourth-order valence-electron chi connectivity index (χ4n) is 1.76. The lowest BCUT2D eigenvalue weighted by Gasteiger charge is -2.23. The van der Waals surface area contributed by atoms with E-state index < -0.39 is 0 Å². The minimum Gasteiger partial charge on any atom is -0.493 e. The number of ether oxygens (including phenoxy) is 2. The molecule has 1 aromatic carbocycles. The van der Waals surface area contributed by atoms with Crippen molar-refractivity contribution in [2.24, 2.45) is 5.41 Å². The van der Waals surface area contributed by atoms with Gasteiger partial charge in [0, 0.05) is 4.47 Å². The van der Waals surface area contributed by atoms with Gasteiger partial charge in [-0.25, -0.2) is 0 Å². The smallest absolute Gasteiger partial charge is 0.161 e. The van der Waals surface area contributed by atoms with Crippen molar-refractivity contribution in [1.29, 1.82) is 0 Å². The molecule has 0 saturated carbocycles. The van der Waals surface area contributed by atoms with Crippen molar-refractivity contribution in [1.82, 2.24) is 0 Å². The highest BCUT2D eigenvalue weighted by molar-refractivity contribution is 9.10. The predicted octanol–water partition coefficient (Wildman–Crippen LogP) is 5.18. The molecule has 1 rings (SSSR count). The molecule has 0 radical (unpaired) electrons. The van der Waals surface area contributed by atoms with Crippen LogP contribution in [-0.2, 0) is 0 Å². The van der Waals surface area contributed by atoms with Crippen LogP contribution < -0.4 is 9.47 Å². The Hall–Kier alpha value is -0.410. The van der Waals surface area contributed by atoms with Gasteiger partial charge < -0.3 is 9.47 Å². The summed E-state index contributed by atoms with van der Waals surface area (Å²) in [5.41, 5.74) is 1.21. The van der Waals surface area contributed by atoms with Gasteiger partial charge in [-0.05, 0) is 29.5 Å². The zero-order valence-electron chi connectivity index (χ0n) is 11.5. The molecule has 1 unspecified atom stereocenters. The summed E-state index contributed by atoms with van der Waals surface area (Å²) in [6.07, 6.45) is 0.892. The molecule has 0 saturated heterocycles. The lowest BCUT2D eigenvalue weighted by molar-refractivity contribution is 0.352. The highest BCUT2D eigenvalue weighted by atomic mass is 79.9. The third-order valence-electron chi connectivity index (χ3n) is 2.63. The quantitative estimate of drug-likeness (QED) is 0.706. The molecule has 4 heteroatoms. The van der Waals surface area contributed by atoms with E-state index in [1.807, 2.05) is 12.1 Å². The van der Waals surface area contributed by atoms with Crippen molar-refractivity contribution >= 4 is 27.5 Å². The van der Waals surface area contributed by atoms with Crippen LogP contribution in [0.25, 0.3) is 0 Å². The molecular formula is C14H20BrClO2. The van der Waals surface area contributed by atoms with Gasteiger partial charge in [-0.3, -0.25) is 0 Å². The van der Waals surface area contributed by atoms with E-state index in [4.69, 9.17) is 21.1 Å². The Morgan fingerprint density at radius 2 is 1.67 bits per heavy atom. The van der Waals surface area contributed by atoms with Gasteiger partial charge >= 0.3 is 0 Å². The number of hydrogen-bond acceptors (Lipinski definition) is 2. The highest BCUT2D eigenvalue weighted by Crippen LogP contribution is 2.42. The van der Waals surface area contributed by atoms with Gasteiger partial charge in [-0.15, -0.1) is 11.6 Å². The molecule has 0 N–H and O–H groups in total. The van der Waals surface area contributed by atoms with E-state index in [2.05, 4.69) is 36.7 Å². The van der Waals surface area contributed by atoms with Gasteiger partial charge in [0.15, 0.2) is 11.5 Å². The van der Waals surface area contributed by atoms with Crippen molar-refractivity contribution in [3.8, 4) is 11.5 Å². The first kappa shape index (κ1) is 15.6. The van der Waals surface area contributed by atoms with Crippen LogP contribution in [0, 0.1) is 5.41 Å². The molecule has 18 heavy (non-hydrogen) atoms. The Bertz CT molecular complexity index is 413. The molecule has 0 heterocycles. The van der Waals surface area contributed by atoms with Crippen LogP contribution in [0.4, 0.5) is 0 Å². The maximum absolute atomic E-state index is 6.49. The van der Waals surface area contributed by atoms with Gasteiger partial charge in [0.2, 0.25) is 0 Å². The average molecular weight is 336 g/mol. The summed E-state index contributed by atoms with van der Waals surface area (Å²) in [7, 11) is 3.25. The van der Waals surface area contributed by atoms with Gasteiger partial charge in [-0.2, -0.15) is 0 Å². The zero-order chi connectivity index (χ0) is 13.9. The maximum atomic E-state index is 6.49. The zero-order valence-corrected chi connectivity index (χ0v) is 13.9. The Balaban J connectivity index is 3.09. The Morgan fingerprint density at radius 1 is 1.17 bits per heavy atom. The first-order valence-corrected chi connectivity index (χ1v) is 7.07. The molecule has 0 amide bonds. The summed E-state index contributed by atoms with van der Waals surface area (Å²) in [5.74, 6) is 1.41. The molecular weight excluding hydrogens is 316 g/mol. The van der Waals surface area contributed by atoms with Crippen molar-refractivity contribution in [2.45, 2.75) is 32.6 Å². The first-order valence-electron chi connectivity index (χ1n) is 5.84. The second kappa shape index (κ2) is 6.16. The first-order chi connectivity index (χ1) is 8.28. The molecule has 1 atom stereocenters. The standard InChI is InChI=1S/C14H20BrClO2/c1-14(2,3)8-11(16)9-6-12(17-4)13(18-5)7-10(9)15/h6-7,11H,8H2,1-5H3.